The summed E-state index contributed by atoms with van der Waals surface area (Å²) in [4.78, 5) is 4.80. The van der Waals surface area contributed by atoms with Crippen LogP contribution in [0.25, 0.3) is 33.3 Å². The Labute approximate surface area is 184 Å². The first-order valence-electron chi connectivity index (χ1n) is 10.2. The molecule has 0 radical (unpaired) electrons. The summed E-state index contributed by atoms with van der Waals surface area (Å²) in [6, 6.07) is 16.4. The Morgan fingerprint density at radius 3 is 2.66 bits per heavy atom. The second kappa shape index (κ2) is 7.06. The maximum absolute atomic E-state index is 13.4. The van der Waals surface area contributed by atoms with Crippen molar-refractivity contribution in [3.8, 4) is 28.0 Å². The number of ether oxygens (including phenoxy) is 1. The van der Waals surface area contributed by atoms with E-state index in [9.17, 15) is 8.42 Å². The van der Waals surface area contributed by atoms with E-state index in [1.54, 1.807) is 55.1 Å². The van der Waals surface area contributed by atoms with Crippen molar-refractivity contribution in [3.63, 3.8) is 0 Å². The van der Waals surface area contributed by atoms with Gasteiger partial charge in [0.15, 0.2) is 5.65 Å². The van der Waals surface area contributed by atoms with E-state index >= 15 is 0 Å². The van der Waals surface area contributed by atoms with E-state index in [2.05, 4.69) is 21.2 Å². The normalized spacial score (nSPS) is 13.2. The zero-order valence-electron chi connectivity index (χ0n) is 16.9. The molecule has 158 valence electrons. The second-order valence-electron chi connectivity index (χ2n) is 7.66. The van der Waals surface area contributed by atoms with Crippen molar-refractivity contribution in [2.45, 2.75) is 11.3 Å². The lowest BCUT2D eigenvalue weighted by molar-refractivity contribution is 0.357. The molecule has 0 saturated heterocycles. The van der Waals surface area contributed by atoms with Gasteiger partial charge in [-0.1, -0.05) is 24.3 Å². The third-order valence-electron chi connectivity index (χ3n) is 5.74. The quantitative estimate of drug-likeness (QED) is 0.449. The minimum atomic E-state index is -3.81. The number of benzene rings is 2. The molecule has 5 aromatic rings. The molecule has 4 heterocycles. The lowest BCUT2D eigenvalue weighted by atomic mass is 10.0. The molecule has 1 aliphatic rings. The first-order chi connectivity index (χ1) is 15.6. The van der Waals surface area contributed by atoms with E-state index in [4.69, 9.17) is 4.74 Å². The van der Waals surface area contributed by atoms with Crippen LogP contribution >= 0.6 is 0 Å². The van der Waals surface area contributed by atoms with Crippen LogP contribution in [0.15, 0.2) is 84.3 Å². The molecule has 0 spiro atoms. The fraction of sp³-hybridized carbons (Fsp3) is 0.0833. The number of H-pyrrole nitrogens is 1. The molecule has 0 fully saturated rings. The largest absolute Gasteiger partial charge is 0.493 e. The third-order valence-corrected chi connectivity index (χ3v) is 7.41. The van der Waals surface area contributed by atoms with Gasteiger partial charge in [0.05, 0.1) is 17.7 Å². The zero-order valence-corrected chi connectivity index (χ0v) is 17.7. The Balaban J connectivity index is 1.57. The Hall–Kier alpha value is -3.91. The van der Waals surface area contributed by atoms with Crippen molar-refractivity contribution < 1.29 is 13.2 Å². The summed E-state index contributed by atoms with van der Waals surface area (Å²) in [5.74, 6) is 0.919. The van der Waals surface area contributed by atoms with Gasteiger partial charge in [0, 0.05) is 47.1 Å². The Morgan fingerprint density at radius 1 is 0.969 bits per heavy atom. The Kier molecular flexibility index (Phi) is 4.16. The van der Waals surface area contributed by atoms with Crippen LogP contribution in [-0.4, -0.2) is 34.2 Å². The number of pyridine rings is 1. The number of rotatable bonds is 4. The minimum absolute atomic E-state index is 0.208. The van der Waals surface area contributed by atoms with E-state index in [0.29, 0.717) is 12.3 Å². The number of aromatic amines is 1. The topological polar surface area (TPSA) is 89.9 Å². The molecule has 32 heavy (non-hydrogen) atoms. The Bertz CT molecular complexity index is 1560. The monoisotopic (exact) mass is 442 g/mol. The van der Waals surface area contributed by atoms with Gasteiger partial charge in [-0.15, -0.1) is 0 Å². The summed E-state index contributed by atoms with van der Waals surface area (Å²) in [5.41, 5.74) is 5.00. The molecule has 0 atom stereocenters. The molecule has 0 unspecified atom stereocenters. The highest BCUT2D eigenvalue weighted by atomic mass is 32.2. The molecular weight excluding hydrogens is 424 g/mol. The molecule has 8 heteroatoms. The van der Waals surface area contributed by atoms with Crippen molar-refractivity contribution in [3.05, 3.63) is 84.9 Å². The summed E-state index contributed by atoms with van der Waals surface area (Å²) in [6.07, 6.45) is 7.63. The number of nitrogens with one attached hydrogen (secondary N) is 1. The van der Waals surface area contributed by atoms with Crippen molar-refractivity contribution >= 4 is 21.1 Å². The first kappa shape index (κ1) is 18.8. The predicted octanol–water partition coefficient (Wildman–Crippen LogP) is 4.27. The van der Waals surface area contributed by atoms with Crippen LogP contribution in [0.4, 0.5) is 0 Å². The minimum Gasteiger partial charge on any atom is -0.493 e. The van der Waals surface area contributed by atoms with E-state index in [-0.39, 0.29) is 4.90 Å². The average molecular weight is 443 g/mol. The lowest BCUT2D eigenvalue weighted by Crippen LogP contribution is -2.12. The van der Waals surface area contributed by atoms with Crippen molar-refractivity contribution in [1.29, 1.82) is 0 Å². The fourth-order valence-electron chi connectivity index (χ4n) is 4.12. The zero-order chi connectivity index (χ0) is 21.7. The molecule has 0 bridgehead atoms. The number of hydrogen-bond acceptors (Lipinski definition) is 5. The van der Waals surface area contributed by atoms with Gasteiger partial charge < -0.3 is 4.74 Å². The predicted molar refractivity (Wildman–Crippen MR) is 121 cm³/mol. The summed E-state index contributed by atoms with van der Waals surface area (Å²) in [6.45, 7) is 0.695. The summed E-state index contributed by atoms with van der Waals surface area (Å²) >= 11 is 0. The van der Waals surface area contributed by atoms with Crippen LogP contribution in [0, 0.1) is 0 Å². The number of nitrogens with zero attached hydrogens (tertiary/aromatic N) is 3. The second-order valence-corrected chi connectivity index (χ2v) is 9.47. The smallest absolute Gasteiger partial charge is 0.269 e. The van der Waals surface area contributed by atoms with E-state index in [1.807, 2.05) is 18.2 Å². The summed E-state index contributed by atoms with van der Waals surface area (Å²) < 4.78 is 33.7. The molecule has 0 saturated carbocycles. The maximum Gasteiger partial charge on any atom is 0.269 e. The standard InChI is InChI=1S/C24H18N4O3S/c29-32(30,20-4-2-1-3-5-20)28-15-22(19-13-26-27-14-19)21-11-18(12-25-24(21)28)16-6-7-23-17(10-16)8-9-31-23/h1-7,10-15H,8-9H2,(H,26,27). The summed E-state index contributed by atoms with van der Waals surface area (Å²) in [7, 11) is -3.81. The highest BCUT2D eigenvalue weighted by Crippen LogP contribution is 2.36. The average Bonchev–Trinajstić information content (AvgIpc) is 3.58. The fourth-order valence-corrected chi connectivity index (χ4v) is 5.47. The highest BCUT2D eigenvalue weighted by molar-refractivity contribution is 7.90. The van der Waals surface area contributed by atoms with E-state index in [1.165, 1.54) is 9.54 Å². The van der Waals surface area contributed by atoms with Gasteiger partial charge in [0.2, 0.25) is 0 Å². The molecule has 0 amide bonds. The summed E-state index contributed by atoms with van der Waals surface area (Å²) in [5, 5.41) is 7.58. The molecule has 7 nitrogen and oxygen atoms in total. The van der Waals surface area contributed by atoms with E-state index < -0.39 is 10.0 Å². The molecular formula is C24H18N4O3S. The highest BCUT2D eigenvalue weighted by Gasteiger charge is 2.23. The van der Waals surface area contributed by atoms with E-state index in [0.717, 1.165) is 39.8 Å². The van der Waals surface area contributed by atoms with Gasteiger partial charge >= 0.3 is 0 Å². The lowest BCUT2D eigenvalue weighted by Gasteiger charge is -2.08. The first-order valence-corrected chi connectivity index (χ1v) is 11.6. The number of aromatic nitrogens is 4. The van der Waals surface area contributed by atoms with Gasteiger partial charge in [-0.2, -0.15) is 5.10 Å². The molecule has 0 aliphatic carbocycles. The van der Waals surface area contributed by atoms with Crippen LogP contribution in [0.3, 0.4) is 0 Å². The van der Waals surface area contributed by atoms with Gasteiger partial charge in [0.25, 0.3) is 10.0 Å². The molecule has 1 N–H and O–H groups in total. The molecule has 3 aromatic heterocycles. The van der Waals surface area contributed by atoms with Crippen LogP contribution < -0.4 is 4.74 Å². The van der Waals surface area contributed by atoms with Crippen LogP contribution in [0.2, 0.25) is 0 Å². The maximum atomic E-state index is 13.4. The molecule has 1 aliphatic heterocycles. The number of hydrogen-bond donors (Lipinski definition) is 1. The Morgan fingerprint density at radius 2 is 1.84 bits per heavy atom. The van der Waals surface area contributed by atoms with Crippen LogP contribution in [0.1, 0.15) is 5.56 Å². The van der Waals surface area contributed by atoms with Crippen molar-refractivity contribution in [2.24, 2.45) is 0 Å². The molecule has 2 aromatic carbocycles. The van der Waals surface area contributed by atoms with Crippen molar-refractivity contribution in [2.75, 3.05) is 6.61 Å². The van der Waals surface area contributed by atoms with Gasteiger partial charge in [-0.05, 0) is 41.5 Å². The van der Waals surface area contributed by atoms with Gasteiger partial charge in [-0.25, -0.2) is 17.4 Å². The third kappa shape index (κ3) is 2.91. The van der Waals surface area contributed by atoms with Gasteiger partial charge in [0.1, 0.15) is 5.75 Å². The van der Waals surface area contributed by atoms with Crippen molar-refractivity contribution in [1.82, 2.24) is 19.2 Å². The van der Waals surface area contributed by atoms with Crippen LogP contribution in [-0.2, 0) is 16.4 Å². The molecule has 6 rings (SSSR count). The van der Waals surface area contributed by atoms with Crippen LogP contribution in [0.5, 0.6) is 5.75 Å². The van der Waals surface area contributed by atoms with Gasteiger partial charge in [-0.3, -0.25) is 5.10 Å². The number of fused-ring (bicyclic) bond motifs is 2. The SMILES string of the molecule is O=S(=O)(c1ccccc1)n1cc(-c2cn[nH]c2)c2cc(-c3ccc4c(c3)CCO4)cnc21.